The lowest BCUT2D eigenvalue weighted by atomic mass is 10.2. The topological polar surface area (TPSA) is 53.5 Å². The number of aryl methyl sites for hydroxylation is 1. The molecule has 6 nitrogen and oxygen atoms in total. The first-order valence-corrected chi connectivity index (χ1v) is 9.22. The molecule has 0 saturated carbocycles. The maximum absolute atomic E-state index is 5.46. The van der Waals surface area contributed by atoms with Gasteiger partial charge < -0.3 is 19.9 Å². The zero-order valence-electron chi connectivity index (χ0n) is 12.9. The van der Waals surface area contributed by atoms with Crippen LogP contribution in [-0.2, 0) is 11.2 Å². The van der Waals surface area contributed by atoms with Crippen molar-refractivity contribution in [3.63, 3.8) is 0 Å². The molecule has 22 heavy (non-hydrogen) atoms. The van der Waals surface area contributed by atoms with Gasteiger partial charge in [0.05, 0.1) is 23.8 Å². The van der Waals surface area contributed by atoms with E-state index in [1.807, 2.05) is 11.8 Å². The number of ether oxygens (including phenoxy) is 1. The van der Waals surface area contributed by atoms with Crippen molar-refractivity contribution in [2.75, 3.05) is 68.0 Å². The van der Waals surface area contributed by atoms with E-state index in [2.05, 4.69) is 15.1 Å². The van der Waals surface area contributed by atoms with Crippen LogP contribution in [0.2, 0.25) is 0 Å². The fraction of sp³-hybridized carbons (Fsp3) is 0.733. The number of anilines is 2. The van der Waals surface area contributed by atoms with Gasteiger partial charge in [0.1, 0.15) is 5.82 Å². The maximum atomic E-state index is 5.46. The monoisotopic (exact) mass is 321 g/mol. The molecule has 1 N–H and O–H groups in total. The Kier molecular flexibility index (Phi) is 4.36. The van der Waals surface area contributed by atoms with Crippen molar-refractivity contribution in [1.82, 2.24) is 15.3 Å². The van der Waals surface area contributed by atoms with Crippen molar-refractivity contribution >= 4 is 23.5 Å². The molecule has 0 radical (unpaired) electrons. The third kappa shape index (κ3) is 2.89. The van der Waals surface area contributed by atoms with E-state index in [0.717, 1.165) is 70.7 Å². The molecule has 0 spiro atoms. The van der Waals surface area contributed by atoms with E-state index in [0.29, 0.717) is 0 Å². The highest BCUT2D eigenvalue weighted by Crippen LogP contribution is 2.37. The van der Waals surface area contributed by atoms with Gasteiger partial charge in [-0.25, -0.2) is 4.98 Å². The summed E-state index contributed by atoms with van der Waals surface area (Å²) in [4.78, 5) is 15.9. The minimum absolute atomic E-state index is 0.776. The SMILES string of the molecule is C1CSc2c(nc(N3CCOCC3)nc2N2CCNCC2)C1. The molecule has 0 unspecified atom stereocenters. The number of hydrogen-bond donors (Lipinski definition) is 1. The van der Waals surface area contributed by atoms with Crippen molar-refractivity contribution in [2.45, 2.75) is 17.7 Å². The van der Waals surface area contributed by atoms with Crippen molar-refractivity contribution in [1.29, 1.82) is 0 Å². The first kappa shape index (κ1) is 14.5. The average molecular weight is 321 g/mol. The predicted molar refractivity (Wildman–Crippen MR) is 89.2 cm³/mol. The van der Waals surface area contributed by atoms with Crippen LogP contribution in [0, 0.1) is 0 Å². The smallest absolute Gasteiger partial charge is 0.227 e. The molecular weight excluding hydrogens is 298 g/mol. The summed E-state index contributed by atoms with van der Waals surface area (Å²) in [6, 6.07) is 0. The van der Waals surface area contributed by atoms with Gasteiger partial charge in [0, 0.05) is 39.3 Å². The first-order valence-electron chi connectivity index (χ1n) is 8.24. The van der Waals surface area contributed by atoms with Crippen LogP contribution in [-0.4, -0.2) is 68.2 Å². The summed E-state index contributed by atoms with van der Waals surface area (Å²) in [6.45, 7) is 7.49. The van der Waals surface area contributed by atoms with Crippen LogP contribution in [0.3, 0.4) is 0 Å². The quantitative estimate of drug-likeness (QED) is 0.863. The van der Waals surface area contributed by atoms with Gasteiger partial charge in [-0.1, -0.05) is 0 Å². The Balaban J connectivity index is 1.70. The molecule has 4 heterocycles. The minimum Gasteiger partial charge on any atom is -0.378 e. The molecule has 0 aromatic carbocycles. The second kappa shape index (κ2) is 6.60. The molecule has 0 atom stereocenters. The summed E-state index contributed by atoms with van der Waals surface area (Å²) in [5.74, 6) is 3.25. The van der Waals surface area contributed by atoms with Crippen LogP contribution < -0.4 is 15.1 Å². The van der Waals surface area contributed by atoms with Gasteiger partial charge >= 0.3 is 0 Å². The minimum atomic E-state index is 0.776. The Hall–Kier alpha value is -1.05. The van der Waals surface area contributed by atoms with Crippen molar-refractivity contribution < 1.29 is 4.74 Å². The number of aromatic nitrogens is 2. The lowest BCUT2D eigenvalue weighted by Gasteiger charge is -2.33. The maximum Gasteiger partial charge on any atom is 0.227 e. The lowest BCUT2D eigenvalue weighted by molar-refractivity contribution is 0.122. The molecular formula is C15H23N5OS. The summed E-state index contributed by atoms with van der Waals surface area (Å²) in [6.07, 6.45) is 2.31. The number of piperazine rings is 1. The van der Waals surface area contributed by atoms with Crippen LogP contribution >= 0.6 is 11.8 Å². The standard InChI is InChI=1S/C15H23N5OS/c1-2-12-13(22-11-1)14(19-5-3-16-4-6-19)18-15(17-12)20-7-9-21-10-8-20/h16H,1-11H2. The Morgan fingerprint density at radius 3 is 2.64 bits per heavy atom. The van der Waals surface area contributed by atoms with Gasteiger partial charge in [0.25, 0.3) is 0 Å². The second-order valence-corrected chi connectivity index (χ2v) is 7.02. The van der Waals surface area contributed by atoms with Gasteiger partial charge in [0.15, 0.2) is 0 Å². The largest absolute Gasteiger partial charge is 0.378 e. The van der Waals surface area contributed by atoms with Crippen LogP contribution in [0.25, 0.3) is 0 Å². The third-order valence-corrected chi connectivity index (χ3v) is 5.62. The fourth-order valence-electron chi connectivity index (χ4n) is 3.20. The van der Waals surface area contributed by atoms with Crippen molar-refractivity contribution in [3.8, 4) is 0 Å². The number of nitrogens with zero attached hydrogens (tertiary/aromatic N) is 4. The van der Waals surface area contributed by atoms with Crippen molar-refractivity contribution in [2.24, 2.45) is 0 Å². The molecule has 1 aromatic rings. The number of morpholine rings is 1. The molecule has 0 bridgehead atoms. The predicted octanol–water partition coefficient (Wildman–Crippen LogP) is 0.761. The van der Waals surface area contributed by atoms with Gasteiger partial charge in [0.2, 0.25) is 5.95 Å². The molecule has 2 saturated heterocycles. The number of nitrogens with one attached hydrogen (secondary N) is 1. The molecule has 120 valence electrons. The highest BCUT2D eigenvalue weighted by atomic mass is 32.2. The molecule has 3 aliphatic rings. The number of rotatable bonds is 2. The Bertz CT molecular complexity index is 529. The summed E-state index contributed by atoms with van der Waals surface area (Å²) in [5.41, 5.74) is 1.25. The fourth-order valence-corrected chi connectivity index (χ4v) is 4.31. The highest BCUT2D eigenvalue weighted by molar-refractivity contribution is 7.99. The molecule has 3 aliphatic heterocycles. The second-order valence-electron chi connectivity index (χ2n) is 5.91. The number of fused-ring (bicyclic) bond motifs is 1. The Morgan fingerprint density at radius 1 is 1.00 bits per heavy atom. The normalized spacial score (nSPS) is 22.5. The van der Waals surface area contributed by atoms with Gasteiger partial charge in [-0.15, -0.1) is 11.8 Å². The Morgan fingerprint density at radius 2 is 1.82 bits per heavy atom. The highest BCUT2D eigenvalue weighted by Gasteiger charge is 2.25. The summed E-state index contributed by atoms with van der Waals surface area (Å²) >= 11 is 1.93. The summed E-state index contributed by atoms with van der Waals surface area (Å²) in [7, 11) is 0. The van der Waals surface area contributed by atoms with E-state index in [-0.39, 0.29) is 0 Å². The molecule has 7 heteroatoms. The molecule has 0 aliphatic carbocycles. The van der Waals surface area contributed by atoms with Crippen LogP contribution in [0.1, 0.15) is 12.1 Å². The van der Waals surface area contributed by atoms with Crippen LogP contribution in [0.15, 0.2) is 4.90 Å². The molecule has 4 rings (SSSR count). The zero-order chi connectivity index (χ0) is 14.8. The molecule has 1 aromatic heterocycles. The lowest BCUT2D eigenvalue weighted by Crippen LogP contribution is -2.44. The van der Waals surface area contributed by atoms with E-state index in [1.165, 1.54) is 22.8 Å². The van der Waals surface area contributed by atoms with E-state index >= 15 is 0 Å². The first-order chi connectivity index (χ1) is 10.9. The number of hydrogen-bond acceptors (Lipinski definition) is 7. The number of thioether (sulfide) groups is 1. The summed E-state index contributed by atoms with van der Waals surface area (Å²) in [5, 5.41) is 3.42. The van der Waals surface area contributed by atoms with Gasteiger partial charge in [-0.3, -0.25) is 0 Å². The molecule has 0 amide bonds. The van der Waals surface area contributed by atoms with E-state index in [4.69, 9.17) is 14.7 Å². The Labute approximate surface area is 135 Å². The van der Waals surface area contributed by atoms with Gasteiger partial charge in [-0.05, 0) is 18.6 Å². The van der Waals surface area contributed by atoms with E-state index < -0.39 is 0 Å². The van der Waals surface area contributed by atoms with E-state index in [1.54, 1.807) is 0 Å². The van der Waals surface area contributed by atoms with Crippen molar-refractivity contribution in [3.05, 3.63) is 5.69 Å². The van der Waals surface area contributed by atoms with Crippen LogP contribution in [0.5, 0.6) is 0 Å². The van der Waals surface area contributed by atoms with Crippen LogP contribution in [0.4, 0.5) is 11.8 Å². The zero-order valence-corrected chi connectivity index (χ0v) is 13.7. The van der Waals surface area contributed by atoms with Gasteiger partial charge in [-0.2, -0.15) is 4.98 Å². The average Bonchev–Trinajstić information content (AvgIpc) is 2.62. The summed E-state index contributed by atoms with van der Waals surface area (Å²) < 4.78 is 5.46. The third-order valence-electron chi connectivity index (χ3n) is 4.42. The molecule has 2 fully saturated rings. The van der Waals surface area contributed by atoms with E-state index in [9.17, 15) is 0 Å².